The molecule has 286 valence electrons. The zero-order chi connectivity index (χ0) is 39.5. The minimum absolute atomic E-state index is 0.105. The number of amides is 2. The van der Waals surface area contributed by atoms with Gasteiger partial charge in [0.1, 0.15) is 11.8 Å². The first-order valence-corrected chi connectivity index (χ1v) is 18.4. The molecule has 9 rings (SSSR count). The summed E-state index contributed by atoms with van der Waals surface area (Å²) in [5.74, 6) is -0.293. The third kappa shape index (κ3) is 4.93. The Kier molecular flexibility index (Phi) is 8.05. The van der Waals surface area contributed by atoms with Crippen LogP contribution in [-0.2, 0) is 22.4 Å². The molecule has 0 aliphatic carbocycles. The molecule has 4 aromatic rings. The molecule has 5 heterocycles. The van der Waals surface area contributed by atoms with Gasteiger partial charge in [-0.2, -0.15) is 5.26 Å². The average molecular weight is 758 g/mol. The zero-order valence-corrected chi connectivity index (χ0v) is 31.7. The van der Waals surface area contributed by atoms with Gasteiger partial charge < -0.3 is 29.4 Å². The fourth-order valence-electron chi connectivity index (χ4n) is 10.0. The summed E-state index contributed by atoms with van der Waals surface area (Å²) in [7, 11) is 3.48. The maximum atomic E-state index is 14.6. The van der Waals surface area contributed by atoms with Crippen LogP contribution in [0.5, 0.6) is 28.7 Å². The van der Waals surface area contributed by atoms with Crippen LogP contribution in [-0.4, -0.2) is 84.1 Å². The van der Waals surface area contributed by atoms with Crippen molar-refractivity contribution in [1.82, 2.24) is 14.7 Å². The minimum Gasteiger partial charge on any atom is -0.493 e. The highest BCUT2D eigenvalue weighted by molar-refractivity contribution is 6.26. The number of carbonyl (C=O) groups is 4. The van der Waals surface area contributed by atoms with Gasteiger partial charge in [-0.15, -0.1) is 0 Å². The first kappa shape index (κ1) is 35.5. The molecule has 0 radical (unpaired) electrons. The van der Waals surface area contributed by atoms with Gasteiger partial charge in [0.2, 0.25) is 6.79 Å². The summed E-state index contributed by atoms with van der Waals surface area (Å²) in [4.78, 5) is 60.0. The van der Waals surface area contributed by atoms with Crippen molar-refractivity contribution in [3.8, 4) is 34.8 Å². The maximum Gasteiger partial charge on any atom is 0.308 e. The Morgan fingerprint density at radius 2 is 1.64 bits per heavy atom. The molecule has 56 heavy (non-hydrogen) atoms. The second kappa shape index (κ2) is 12.7. The van der Waals surface area contributed by atoms with Crippen molar-refractivity contribution in [3.05, 3.63) is 80.9 Å². The lowest BCUT2D eigenvalue weighted by Crippen LogP contribution is -2.69. The van der Waals surface area contributed by atoms with Crippen LogP contribution in [0.15, 0.2) is 36.4 Å². The molecule has 0 saturated carbocycles. The molecule has 14 nitrogen and oxygen atoms in total. The number of hydrogen-bond donors (Lipinski definition) is 1. The number of carbonyl (C=O) groups excluding carboxylic acids is 4. The third-order valence-electron chi connectivity index (χ3n) is 12.0. The lowest BCUT2D eigenvalue weighted by molar-refractivity contribution is -0.133. The molecule has 2 bridgehead atoms. The van der Waals surface area contributed by atoms with Crippen LogP contribution in [0.4, 0.5) is 5.69 Å². The Bertz CT molecular complexity index is 2510. The van der Waals surface area contributed by atoms with E-state index in [0.717, 1.165) is 16.7 Å². The van der Waals surface area contributed by atoms with Gasteiger partial charge in [0.05, 0.1) is 30.8 Å². The Morgan fingerprint density at radius 3 is 2.36 bits per heavy atom. The van der Waals surface area contributed by atoms with Crippen molar-refractivity contribution in [2.24, 2.45) is 0 Å². The summed E-state index contributed by atoms with van der Waals surface area (Å²) in [6.07, 6.45) is 0.685. The molecule has 0 unspecified atom stereocenters. The van der Waals surface area contributed by atoms with Gasteiger partial charge in [-0.1, -0.05) is 18.2 Å². The molecule has 5 atom stereocenters. The van der Waals surface area contributed by atoms with E-state index in [4.69, 9.17) is 29.4 Å². The topological polar surface area (TPSA) is 174 Å². The number of ether oxygens (including phenoxy) is 5. The van der Waals surface area contributed by atoms with Crippen molar-refractivity contribution in [2.75, 3.05) is 33.2 Å². The molecule has 0 aromatic heterocycles. The van der Waals surface area contributed by atoms with Gasteiger partial charge in [0, 0.05) is 71.4 Å². The fourth-order valence-corrected chi connectivity index (χ4v) is 10.0. The van der Waals surface area contributed by atoms with Crippen molar-refractivity contribution < 1.29 is 42.9 Å². The van der Waals surface area contributed by atoms with Crippen molar-refractivity contribution in [3.63, 3.8) is 0 Å². The number of imide groups is 1. The minimum atomic E-state index is -0.849. The fraction of sp³-hybridized carbons (Fsp3) is 0.357. The quantitative estimate of drug-likeness (QED) is 0.129. The summed E-state index contributed by atoms with van der Waals surface area (Å²) < 4.78 is 30.0. The van der Waals surface area contributed by atoms with E-state index in [1.54, 1.807) is 31.2 Å². The third-order valence-corrected chi connectivity index (χ3v) is 12.0. The van der Waals surface area contributed by atoms with Crippen LogP contribution >= 0.6 is 0 Å². The number of rotatable bonds is 5. The van der Waals surface area contributed by atoms with Gasteiger partial charge in [-0.3, -0.25) is 33.9 Å². The highest BCUT2D eigenvalue weighted by Gasteiger charge is 2.58. The molecule has 1 fully saturated rings. The number of benzene rings is 4. The van der Waals surface area contributed by atoms with E-state index in [9.17, 15) is 24.4 Å². The standard InChI is InChI=1S/C42H39N5O9/c1-18-10-23-12-28-30(15-43)47-29(35(45(28)5)33(23)40(36(18)52-6)56-21(4)49)14-26-34(39-38(53-17-54-39)19(2)37(26)55-20(3)48)31(47)16-46-41(50)25-9-7-8-22-11-24(44)13-27(32(22)25)42(46)51/h7-11,13,28-31,35H,12,14,16-17,44H2,1-6H3/t28-,29-,30-,31-,35-/m0/s1. The van der Waals surface area contributed by atoms with E-state index in [1.807, 2.05) is 26.1 Å². The Morgan fingerprint density at radius 1 is 0.929 bits per heavy atom. The second-order valence-electron chi connectivity index (χ2n) is 15.1. The predicted molar refractivity (Wildman–Crippen MR) is 201 cm³/mol. The average Bonchev–Trinajstić information content (AvgIpc) is 3.64. The van der Waals surface area contributed by atoms with E-state index >= 15 is 0 Å². The van der Waals surface area contributed by atoms with Crippen LogP contribution in [0.3, 0.4) is 0 Å². The van der Waals surface area contributed by atoms with Gasteiger partial charge in [0.25, 0.3) is 11.8 Å². The molecule has 5 aliphatic rings. The van der Waals surface area contributed by atoms with Crippen LogP contribution in [0, 0.1) is 25.2 Å². The number of aryl methyl sites for hydroxylation is 1. The number of fused-ring (bicyclic) bond motifs is 9. The highest BCUT2D eigenvalue weighted by atomic mass is 16.7. The molecule has 4 aromatic carbocycles. The number of likely N-dealkylation sites (N-methyl/N-ethyl adjacent to an activating group) is 1. The predicted octanol–water partition coefficient (Wildman–Crippen LogP) is 4.69. The van der Waals surface area contributed by atoms with Crippen LogP contribution in [0.25, 0.3) is 10.8 Å². The van der Waals surface area contributed by atoms with Gasteiger partial charge in [-0.25, -0.2) is 0 Å². The molecule has 14 heteroatoms. The van der Waals surface area contributed by atoms with E-state index < -0.39 is 47.9 Å². The summed E-state index contributed by atoms with van der Waals surface area (Å²) in [5, 5.41) is 12.4. The number of nitrogens with two attached hydrogens (primary N) is 1. The Hall–Kier alpha value is -6.17. The van der Waals surface area contributed by atoms with Crippen molar-refractivity contribution in [2.45, 2.75) is 70.7 Å². The number of nitriles is 1. The molecule has 1 saturated heterocycles. The van der Waals surface area contributed by atoms with E-state index in [0.29, 0.717) is 73.7 Å². The normalized spacial score (nSPS) is 23.2. The molecule has 2 amide bonds. The highest BCUT2D eigenvalue weighted by Crippen LogP contribution is 2.59. The van der Waals surface area contributed by atoms with Gasteiger partial charge in [-0.05, 0) is 68.4 Å². The van der Waals surface area contributed by atoms with Crippen LogP contribution in [0.1, 0.15) is 80.0 Å². The van der Waals surface area contributed by atoms with Crippen LogP contribution < -0.4 is 29.4 Å². The van der Waals surface area contributed by atoms with Gasteiger partial charge >= 0.3 is 11.9 Å². The number of esters is 2. The number of nitrogens with zero attached hydrogens (tertiary/aromatic N) is 4. The van der Waals surface area contributed by atoms with E-state index in [-0.39, 0.29) is 31.5 Å². The van der Waals surface area contributed by atoms with Crippen molar-refractivity contribution in [1.29, 1.82) is 5.26 Å². The number of nitrogen functional groups attached to an aromatic ring is 1. The Balaban J connectivity index is 1.30. The molecule has 2 N–H and O–H groups in total. The molecule has 0 spiro atoms. The lowest BCUT2D eigenvalue weighted by Gasteiger charge is -2.60. The Labute approximate surface area is 322 Å². The summed E-state index contributed by atoms with van der Waals surface area (Å²) >= 11 is 0. The first-order chi connectivity index (χ1) is 26.8. The number of methoxy groups -OCH3 is 1. The molecule has 5 aliphatic heterocycles. The van der Waals surface area contributed by atoms with E-state index in [2.05, 4.69) is 15.9 Å². The summed E-state index contributed by atoms with van der Waals surface area (Å²) in [5.41, 5.74) is 11.5. The number of piperazine rings is 1. The largest absolute Gasteiger partial charge is 0.493 e. The smallest absolute Gasteiger partial charge is 0.308 e. The maximum absolute atomic E-state index is 14.6. The SMILES string of the molecule is COc1c(C)cc2c(c1OC(C)=O)[C@@H]1[C@@H]3Cc4c(OC(C)=O)c(C)c5c(c4[C@H](CN4C(=O)c6cccc7cc(N)cc(c67)C4=O)N3[C@@H](C#N)[C@H](C2)N1C)OCO5. The molecular weight excluding hydrogens is 718 g/mol. The van der Waals surface area contributed by atoms with Crippen molar-refractivity contribution >= 4 is 40.2 Å². The number of anilines is 1. The summed E-state index contributed by atoms with van der Waals surface area (Å²) in [6, 6.07) is 10.2. The lowest BCUT2D eigenvalue weighted by atomic mass is 9.71. The van der Waals surface area contributed by atoms with Gasteiger partial charge in [0.15, 0.2) is 23.0 Å². The van der Waals surface area contributed by atoms with E-state index in [1.165, 1.54) is 25.9 Å². The van der Waals surface area contributed by atoms with Crippen LogP contribution in [0.2, 0.25) is 0 Å². The number of hydrogen-bond acceptors (Lipinski definition) is 13. The zero-order valence-electron chi connectivity index (χ0n) is 31.7. The second-order valence-corrected chi connectivity index (χ2v) is 15.1. The summed E-state index contributed by atoms with van der Waals surface area (Å²) in [6.45, 7) is 6.04. The molecular formula is C42H39N5O9. The first-order valence-electron chi connectivity index (χ1n) is 18.4. The monoisotopic (exact) mass is 757 g/mol.